The molecule has 1 rings (SSSR count). The fourth-order valence-electron chi connectivity index (χ4n) is 2.29. The topological polar surface area (TPSA) is 20.2 Å². The molecular weight excluding hydrogens is 160 g/mol. The number of hydrogen-bond donors (Lipinski definition) is 1. The van der Waals surface area contributed by atoms with E-state index in [1.54, 1.807) is 6.08 Å². The van der Waals surface area contributed by atoms with Crippen molar-refractivity contribution >= 4 is 0 Å². The van der Waals surface area contributed by atoms with E-state index in [0.29, 0.717) is 17.8 Å². The predicted octanol–water partition coefficient (Wildman–Crippen LogP) is 3.00. The first-order valence-electron chi connectivity index (χ1n) is 5.35. The van der Waals surface area contributed by atoms with Crippen molar-refractivity contribution < 1.29 is 5.11 Å². The van der Waals surface area contributed by atoms with Crippen LogP contribution in [0.25, 0.3) is 0 Å². The summed E-state index contributed by atoms with van der Waals surface area (Å²) in [6.07, 6.45) is 5.03. The molecule has 0 aromatic heterocycles. The number of rotatable bonds is 2. The lowest BCUT2D eigenvalue weighted by atomic mass is 9.68. The summed E-state index contributed by atoms with van der Waals surface area (Å²) < 4.78 is 0. The molecule has 1 N–H and O–H groups in total. The SMILES string of the molecule is C=C[C@@]1(O)C[C@H](C(C)C)CC[C@H]1C. The summed E-state index contributed by atoms with van der Waals surface area (Å²) in [6, 6.07) is 0. The van der Waals surface area contributed by atoms with Gasteiger partial charge in [-0.15, -0.1) is 6.58 Å². The van der Waals surface area contributed by atoms with Gasteiger partial charge in [-0.3, -0.25) is 0 Å². The Bertz CT molecular complexity index is 186. The van der Waals surface area contributed by atoms with Gasteiger partial charge in [-0.05, 0) is 37.0 Å². The van der Waals surface area contributed by atoms with Gasteiger partial charge in [0, 0.05) is 0 Å². The zero-order valence-corrected chi connectivity index (χ0v) is 9.09. The predicted molar refractivity (Wildman–Crippen MR) is 56.5 cm³/mol. The fourth-order valence-corrected chi connectivity index (χ4v) is 2.29. The van der Waals surface area contributed by atoms with Crippen molar-refractivity contribution in [2.75, 3.05) is 0 Å². The average Bonchev–Trinajstić information content (AvgIpc) is 2.09. The van der Waals surface area contributed by atoms with Crippen LogP contribution in [0.15, 0.2) is 12.7 Å². The average molecular weight is 182 g/mol. The fraction of sp³-hybridized carbons (Fsp3) is 0.833. The Balaban J connectivity index is 2.68. The molecule has 0 bridgehead atoms. The Morgan fingerprint density at radius 2 is 2.08 bits per heavy atom. The Morgan fingerprint density at radius 3 is 2.54 bits per heavy atom. The van der Waals surface area contributed by atoms with Crippen LogP contribution in [0.5, 0.6) is 0 Å². The van der Waals surface area contributed by atoms with Gasteiger partial charge in [-0.25, -0.2) is 0 Å². The quantitative estimate of drug-likeness (QED) is 0.651. The number of hydrogen-bond acceptors (Lipinski definition) is 1. The maximum absolute atomic E-state index is 10.2. The van der Waals surface area contributed by atoms with Crippen molar-refractivity contribution in [1.82, 2.24) is 0 Å². The summed E-state index contributed by atoms with van der Waals surface area (Å²) in [7, 11) is 0. The summed E-state index contributed by atoms with van der Waals surface area (Å²) in [6.45, 7) is 10.4. The van der Waals surface area contributed by atoms with Gasteiger partial charge in [0.15, 0.2) is 0 Å². The molecule has 13 heavy (non-hydrogen) atoms. The monoisotopic (exact) mass is 182 g/mol. The molecule has 1 aliphatic carbocycles. The van der Waals surface area contributed by atoms with Gasteiger partial charge in [0.2, 0.25) is 0 Å². The van der Waals surface area contributed by atoms with Crippen molar-refractivity contribution in [2.45, 2.75) is 45.6 Å². The minimum atomic E-state index is -0.604. The summed E-state index contributed by atoms with van der Waals surface area (Å²) >= 11 is 0. The first-order valence-corrected chi connectivity index (χ1v) is 5.35. The van der Waals surface area contributed by atoms with E-state index >= 15 is 0 Å². The van der Waals surface area contributed by atoms with Gasteiger partial charge < -0.3 is 5.11 Å². The largest absolute Gasteiger partial charge is 0.386 e. The zero-order valence-electron chi connectivity index (χ0n) is 9.09. The molecule has 0 heterocycles. The lowest BCUT2D eigenvalue weighted by Crippen LogP contribution is -2.41. The maximum atomic E-state index is 10.2. The molecule has 1 fully saturated rings. The lowest BCUT2D eigenvalue weighted by Gasteiger charge is -2.41. The van der Waals surface area contributed by atoms with Crippen LogP contribution in [0.3, 0.4) is 0 Å². The molecule has 0 saturated heterocycles. The molecular formula is C12H22O. The Labute approximate surface area is 81.9 Å². The Morgan fingerprint density at radius 1 is 1.46 bits per heavy atom. The van der Waals surface area contributed by atoms with Gasteiger partial charge in [0.25, 0.3) is 0 Å². The highest BCUT2D eigenvalue weighted by Crippen LogP contribution is 2.40. The highest BCUT2D eigenvalue weighted by atomic mass is 16.3. The van der Waals surface area contributed by atoms with Crippen LogP contribution in [0, 0.1) is 17.8 Å². The van der Waals surface area contributed by atoms with Crippen molar-refractivity contribution in [3.8, 4) is 0 Å². The second kappa shape index (κ2) is 3.83. The van der Waals surface area contributed by atoms with Crippen LogP contribution in [0.4, 0.5) is 0 Å². The van der Waals surface area contributed by atoms with Crippen LogP contribution in [-0.2, 0) is 0 Å². The second-order valence-electron chi connectivity index (χ2n) is 4.88. The molecule has 0 spiro atoms. The first kappa shape index (κ1) is 10.8. The van der Waals surface area contributed by atoms with E-state index in [2.05, 4.69) is 27.4 Å². The highest BCUT2D eigenvalue weighted by molar-refractivity contribution is 5.03. The Kier molecular flexibility index (Phi) is 3.18. The van der Waals surface area contributed by atoms with E-state index in [1.807, 2.05) is 0 Å². The van der Waals surface area contributed by atoms with Crippen LogP contribution in [0.2, 0.25) is 0 Å². The minimum Gasteiger partial charge on any atom is -0.386 e. The second-order valence-corrected chi connectivity index (χ2v) is 4.88. The van der Waals surface area contributed by atoms with E-state index in [4.69, 9.17) is 0 Å². The maximum Gasteiger partial charge on any atom is 0.0853 e. The molecule has 76 valence electrons. The van der Waals surface area contributed by atoms with E-state index < -0.39 is 5.60 Å². The zero-order chi connectivity index (χ0) is 10.1. The molecule has 0 aromatic rings. The number of aliphatic hydroxyl groups is 1. The highest BCUT2D eigenvalue weighted by Gasteiger charge is 2.38. The van der Waals surface area contributed by atoms with Gasteiger partial charge in [-0.1, -0.05) is 26.8 Å². The standard InChI is InChI=1S/C12H22O/c1-5-12(13)8-11(9(2)3)7-6-10(12)4/h5,9-11,13H,1,6-8H2,2-4H3/t10-,11-,12-/m1/s1. The smallest absolute Gasteiger partial charge is 0.0853 e. The van der Waals surface area contributed by atoms with Crippen molar-refractivity contribution in [2.24, 2.45) is 17.8 Å². The minimum absolute atomic E-state index is 0.375. The van der Waals surface area contributed by atoms with Crippen molar-refractivity contribution in [3.05, 3.63) is 12.7 Å². The summed E-state index contributed by atoms with van der Waals surface area (Å²) in [4.78, 5) is 0. The molecule has 1 nitrogen and oxygen atoms in total. The molecule has 1 saturated carbocycles. The normalized spacial score (nSPS) is 40.7. The summed E-state index contributed by atoms with van der Waals surface area (Å²) in [5, 5.41) is 10.2. The van der Waals surface area contributed by atoms with E-state index in [0.717, 1.165) is 12.8 Å². The molecule has 0 radical (unpaired) electrons. The van der Waals surface area contributed by atoms with Crippen molar-refractivity contribution in [1.29, 1.82) is 0 Å². The van der Waals surface area contributed by atoms with Crippen molar-refractivity contribution in [3.63, 3.8) is 0 Å². The molecule has 0 amide bonds. The van der Waals surface area contributed by atoms with Crippen LogP contribution in [-0.4, -0.2) is 10.7 Å². The molecule has 0 unspecified atom stereocenters. The first-order chi connectivity index (χ1) is 5.99. The van der Waals surface area contributed by atoms with E-state index in [1.165, 1.54) is 6.42 Å². The van der Waals surface area contributed by atoms with Gasteiger partial charge in [-0.2, -0.15) is 0 Å². The third-order valence-electron chi connectivity index (χ3n) is 3.71. The lowest BCUT2D eigenvalue weighted by molar-refractivity contribution is -0.0260. The molecule has 1 heteroatoms. The summed E-state index contributed by atoms with van der Waals surface area (Å²) in [5.41, 5.74) is -0.604. The third-order valence-corrected chi connectivity index (χ3v) is 3.71. The molecule has 0 aliphatic heterocycles. The summed E-state index contributed by atoms with van der Waals surface area (Å²) in [5.74, 6) is 1.72. The van der Waals surface area contributed by atoms with Crippen LogP contribution >= 0.6 is 0 Å². The molecule has 0 aromatic carbocycles. The molecule has 1 aliphatic rings. The van der Waals surface area contributed by atoms with Crippen LogP contribution < -0.4 is 0 Å². The van der Waals surface area contributed by atoms with Gasteiger partial charge in [0.1, 0.15) is 0 Å². The molecule has 3 atom stereocenters. The van der Waals surface area contributed by atoms with E-state index in [9.17, 15) is 5.11 Å². The van der Waals surface area contributed by atoms with E-state index in [-0.39, 0.29) is 0 Å². The van der Waals surface area contributed by atoms with Crippen LogP contribution in [0.1, 0.15) is 40.0 Å². The van der Waals surface area contributed by atoms with Gasteiger partial charge >= 0.3 is 0 Å². The van der Waals surface area contributed by atoms with Gasteiger partial charge in [0.05, 0.1) is 5.60 Å². The third kappa shape index (κ3) is 2.14. The Hall–Kier alpha value is -0.300.